The minimum Gasteiger partial charge on any atom is -0.507 e. The highest BCUT2D eigenvalue weighted by Crippen LogP contribution is 2.21. The van der Waals surface area contributed by atoms with Crippen LogP contribution in [0.4, 0.5) is 0 Å². The molecule has 0 aliphatic rings. The molecule has 0 aliphatic carbocycles. The zero-order valence-corrected chi connectivity index (χ0v) is 7.57. The summed E-state index contributed by atoms with van der Waals surface area (Å²) in [5.74, 6) is 4.35. The fourth-order valence-electron chi connectivity index (χ4n) is 0.871. The summed E-state index contributed by atoms with van der Waals surface area (Å²) in [4.78, 5) is 10.4. The standard InChI is InChI=1S/C10H9NO3/c1-14-8-3-4-9(12)7(6-8)2-5-10(11)13/h3-4,6,12H,1H3,(H2,11,13). The summed E-state index contributed by atoms with van der Waals surface area (Å²) in [5, 5.41) is 9.33. The number of primary amides is 1. The first-order valence-electron chi connectivity index (χ1n) is 3.82. The predicted molar refractivity (Wildman–Crippen MR) is 50.7 cm³/mol. The average Bonchev–Trinajstić information content (AvgIpc) is 2.16. The Morgan fingerprint density at radius 1 is 1.57 bits per heavy atom. The van der Waals surface area contributed by atoms with Gasteiger partial charge in [0.2, 0.25) is 0 Å². The van der Waals surface area contributed by atoms with E-state index in [0.717, 1.165) is 0 Å². The lowest BCUT2D eigenvalue weighted by molar-refractivity contribution is -0.112. The molecule has 14 heavy (non-hydrogen) atoms. The Morgan fingerprint density at radius 2 is 2.29 bits per heavy atom. The quantitative estimate of drug-likeness (QED) is 0.624. The van der Waals surface area contributed by atoms with Crippen molar-refractivity contribution in [2.45, 2.75) is 0 Å². The number of hydrogen-bond donors (Lipinski definition) is 2. The maximum Gasteiger partial charge on any atom is 0.293 e. The van der Waals surface area contributed by atoms with Crippen molar-refractivity contribution in [3.63, 3.8) is 0 Å². The Bertz CT molecular complexity index is 415. The molecule has 0 atom stereocenters. The average molecular weight is 191 g/mol. The van der Waals surface area contributed by atoms with Gasteiger partial charge in [-0.05, 0) is 18.2 Å². The molecule has 0 radical (unpaired) electrons. The van der Waals surface area contributed by atoms with Crippen LogP contribution >= 0.6 is 0 Å². The molecule has 1 aromatic rings. The number of phenols is 1. The number of carbonyl (C=O) groups is 1. The topological polar surface area (TPSA) is 72.6 Å². The second kappa shape index (κ2) is 4.19. The van der Waals surface area contributed by atoms with Crippen molar-refractivity contribution < 1.29 is 14.6 Å². The Kier molecular flexibility index (Phi) is 2.97. The molecule has 0 heterocycles. The molecule has 3 N–H and O–H groups in total. The van der Waals surface area contributed by atoms with Gasteiger partial charge >= 0.3 is 0 Å². The molecule has 0 spiro atoms. The molecule has 1 rings (SSSR count). The molecule has 1 amide bonds. The molecule has 0 fully saturated rings. The van der Waals surface area contributed by atoms with E-state index >= 15 is 0 Å². The van der Waals surface area contributed by atoms with Crippen LogP contribution in [-0.4, -0.2) is 18.1 Å². The molecule has 72 valence electrons. The van der Waals surface area contributed by atoms with Gasteiger partial charge in [-0.25, -0.2) is 0 Å². The highest BCUT2D eigenvalue weighted by Gasteiger charge is 1.99. The van der Waals surface area contributed by atoms with E-state index < -0.39 is 5.91 Å². The van der Waals surface area contributed by atoms with Gasteiger partial charge in [0.25, 0.3) is 5.91 Å². The molecule has 0 aliphatic heterocycles. The lowest BCUT2D eigenvalue weighted by Gasteiger charge is -2.01. The number of ether oxygens (including phenoxy) is 1. The van der Waals surface area contributed by atoms with Crippen molar-refractivity contribution in [2.24, 2.45) is 5.73 Å². The van der Waals surface area contributed by atoms with Gasteiger partial charge in [0, 0.05) is 5.92 Å². The monoisotopic (exact) mass is 191 g/mol. The molecule has 4 heteroatoms. The van der Waals surface area contributed by atoms with Crippen LogP contribution in [0.5, 0.6) is 11.5 Å². The van der Waals surface area contributed by atoms with Crippen molar-refractivity contribution in [3.8, 4) is 23.3 Å². The molecule has 4 nitrogen and oxygen atoms in total. The van der Waals surface area contributed by atoms with Crippen molar-refractivity contribution in [3.05, 3.63) is 23.8 Å². The minimum absolute atomic E-state index is 0.0143. The maximum atomic E-state index is 10.4. The van der Waals surface area contributed by atoms with E-state index in [1.807, 2.05) is 0 Å². The molecule has 0 saturated carbocycles. The largest absolute Gasteiger partial charge is 0.507 e. The van der Waals surface area contributed by atoms with Gasteiger partial charge in [-0.1, -0.05) is 5.92 Å². The lowest BCUT2D eigenvalue weighted by atomic mass is 10.2. The van der Waals surface area contributed by atoms with E-state index in [1.165, 1.54) is 19.2 Å². The Morgan fingerprint density at radius 3 is 2.86 bits per heavy atom. The normalized spacial score (nSPS) is 8.64. The second-order valence-corrected chi connectivity index (χ2v) is 2.50. The van der Waals surface area contributed by atoms with Crippen molar-refractivity contribution in [1.29, 1.82) is 0 Å². The van der Waals surface area contributed by atoms with Crippen LogP contribution in [0, 0.1) is 11.8 Å². The van der Waals surface area contributed by atoms with Crippen LogP contribution in [-0.2, 0) is 4.79 Å². The van der Waals surface area contributed by atoms with Crippen LogP contribution in [0.25, 0.3) is 0 Å². The van der Waals surface area contributed by atoms with Crippen LogP contribution in [0.15, 0.2) is 18.2 Å². The van der Waals surface area contributed by atoms with E-state index in [1.54, 1.807) is 6.07 Å². The number of phenolic OH excluding ortho intramolecular Hbond substituents is 1. The number of benzene rings is 1. The highest BCUT2D eigenvalue weighted by molar-refractivity contribution is 5.92. The van der Waals surface area contributed by atoms with E-state index in [-0.39, 0.29) is 5.75 Å². The van der Waals surface area contributed by atoms with Gasteiger partial charge in [0.15, 0.2) is 0 Å². The first-order chi connectivity index (χ1) is 6.63. The Balaban J connectivity index is 3.08. The summed E-state index contributed by atoms with van der Waals surface area (Å²) < 4.78 is 4.92. The molecule has 1 aromatic carbocycles. The zero-order valence-electron chi connectivity index (χ0n) is 7.57. The number of hydrogen-bond acceptors (Lipinski definition) is 3. The lowest BCUT2D eigenvalue weighted by Crippen LogP contribution is -2.06. The first kappa shape index (κ1) is 9.93. The first-order valence-corrected chi connectivity index (χ1v) is 3.82. The summed E-state index contributed by atoms with van der Waals surface area (Å²) in [6, 6.07) is 4.54. The SMILES string of the molecule is COc1ccc(O)c(C#CC(N)=O)c1. The summed E-state index contributed by atoms with van der Waals surface area (Å²) in [7, 11) is 1.50. The number of aromatic hydroxyl groups is 1. The molecule has 0 aromatic heterocycles. The van der Waals surface area contributed by atoms with Gasteiger partial charge in [0.05, 0.1) is 12.7 Å². The van der Waals surface area contributed by atoms with Crippen molar-refractivity contribution in [2.75, 3.05) is 7.11 Å². The van der Waals surface area contributed by atoms with Crippen LogP contribution in [0.3, 0.4) is 0 Å². The van der Waals surface area contributed by atoms with E-state index in [0.29, 0.717) is 11.3 Å². The van der Waals surface area contributed by atoms with Crippen molar-refractivity contribution in [1.82, 2.24) is 0 Å². The van der Waals surface area contributed by atoms with E-state index in [9.17, 15) is 9.90 Å². The summed E-state index contributed by atoms with van der Waals surface area (Å²) in [6.45, 7) is 0. The van der Waals surface area contributed by atoms with Gasteiger partial charge in [0.1, 0.15) is 11.5 Å². The fraction of sp³-hybridized carbons (Fsp3) is 0.100. The number of nitrogens with two attached hydrogens (primary N) is 1. The van der Waals surface area contributed by atoms with Crippen molar-refractivity contribution >= 4 is 5.91 Å². The van der Waals surface area contributed by atoms with Crippen LogP contribution in [0.2, 0.25) is 0 Å². The predicted octanol–water partition coefficient (Wildman–Crippen LogP) is 0.238. The highest BCUT2D eigenvalue weighted by atomic mass is 16.5. The van der Waals surface area contributed by atoms with Gasteiger partial charge in [-0.3, -0.25) is 4.79 Å². The minimum atomic E-state index is -0.743. The van der Waals surface area contributed by atoms with Crippen LogP contribution in [0.1, 0.15) is 5.56 Å². The molecule has 0 saturated heterocycles. The summed E-state index contributed by atoms with van der Waals surface area (Å²) >= 11 is 0. The third kappa shape index (κ3) is 2.42. The summed E-state index contributed by atoms with van der Waals surface area (Å²) in [5.41, 5.74) is 5.14. The molecular formula is C10H9NO3. The maximum absolute atomic E-state index is 10.4. The zero-order chi connectivity index (χ0) is 10.6. The Hall–Kier alpha value is -2.15. The van der Waals surface area contributed by atoms with Gasteiger partial charge in [-0.15, -0.1) is 0 Å². The van der Waals surface area contributed by atoms with E-state index in [4.69, 9.17) is 10.5 Å². The Labute approximate surface area is 81.3 Å². The third-order valence-electron chi connectivity index (χ3n) is 1.52. The van der Waals surface area contributed by atoms with Gasteiger partial charge < -0.3 is 15.6 Å². The number of amides is 1. The molecular weight excluding hydrogens is 182 g/mol. The van der Waals surface area contributed by atoms with Gasteiger partial charge in [-0.2, -0.15) is 0 Å². The third-order valence-corrected chi connectivity index (χ3v) is 1.52. The van der Waals surface area contributed by atoms with Crippen LogP contribution < -0.4 is 10.5 Å². The number of methoxy groups -OCH3 is 1. The molecule has 0 bridgehead atoms. The number of carbonyl (C=O) groups excluding carboxylic acids is 1. The molecule has 0 unspecified atom stereocenters. The summed E-state index contributed by atoms with van der Waals surface area (Å²) in [6.07, 6.45) is 0. The number of rotatable bonds is 1. The smallest absolute Gasteiger partial charge is 0.293 e. The fourth-order valence-corrected chi connectivity index (χ4v) is 0.871. The second-order valence-electron chi connectivity index (χ2n) is 2.50. The van der Waals surface area contributed by atoms with E-state index in [2.05, 4.69) is 11.8 Å².